The molecule has 0 amide bonds. The van der Waals surface area contributed by atoms with E-state index in [0.717, 1.165) is 25.9 Å². The molecule has 1 aromatic rings. The molecule has 7 heteroatoms. The SMILES string of the molecule is C/C=C/COc1nc(NN)nc(N2CCCCC2)n1. The van der Waals surface area contributed by atoms with Gasteiger partial charge in [0, 0.05) is 13.1 Å². The lowest BCUT2D eigenvalue weighted by Crippen LogP contribution is -2.31. The summed E-state index contributed by atoms with van der Waals surface area (Å²) in [4.78, 5) is 14.8. The van der Waals surface area contributed by atoms with Crippen LogP contribution in [0.15, 0.2) is 12.2 Å². The molecule has 104 valence electrons. The van der Waals surface area contributed by atoms with E-state index in [1.54, 1.807) is 0 Å². The molecule has 0 atom stereocenters. The van der Waals surface area contributed by atoms with Crippen molar-refractivity contribution in [3.63, 3.8) is 0 Å². The van der Waals surface area contributed by atoms with Crippen LogP contribution in [-0.2, 0) is 0 Å². The van der Waals surface area contributed by atoms with Crippen LogP contribution in [0.4, 0.5) is 11.9 Å². The van der Waals surface area contributed by atoms with Gasteiger partial charge in [-0.15, -0.1) is 0 Å². The van der Waals surface area contributed by atoms with Crippen molar-refractivity contribution in [3.05, 3.63) is 12.2 Å². The molecule has 7 nitrogen and oxygen atoms in total. The van der Waals surface area contributed by atoms with Gasteiger partial charge in [0.05, 0.1) is 0 Å². The highest BCUT2D eigenvalue weighted by atomic mass is 16.5. The molecule has 0 bridgehead atoms. The number of nitrogens with two attached hydrogens (primary N) is 1. The molecular formula is C12H20N6O. The number of hydrogen-bond acceptors (Lipinski definition) is 7. The van der Waals surface area contributed by atoms with E-state index in [2.05, 4.69) is 25.3 Å². The molecule has 0 saturated carbocycles. The first-order valence-corrected chi connectivity index (χ1v) is 6.55. The first kappa shape index (κ1) is 13.5. The Morgan fingerprint density at radius 1 is 1.26 bits per heavy atom. The molecular weight excluding hydrogens is 244 g/mol. The number of rotatable bonds is 5. The number of hydrazine groups is 1. The van der Waals surface area contributed by atoms with Crippen LogP contribution in [0.1, 0.15) is 26.2 Å². The number of anilines is 2. The van der Waals surface area contributed by atoms with E-state index < -0.39 is 0 Å². The first-order valence-electron chi connectivity index (χ1n) is 6.55. The Morgan fingerprint density at radius 3 is 2.74 bits per heavy atom. The first-order chi connectivity index (χ1) is 9.33. The zero-order chi connectivity index (χ0) is 13.5. The summed E-state index contributed by atoms with van der Waals surface area (Å²) in [6.45, 7) is 4.29. The Balaban J connectivity index is 2.14. The molecule has 1 aliphatic heterocycles. The summed E-state index contributed by atoms with van der Waals surface area (Å²) in [5, 5.41) is 0. The minimum atomic E-state index is 0.293. The Kier molecular flexibility index (Phi) is 4.91. The summed E-state index contributed by atoms with van der Waals surface area (Å²) >= 11 is 0. The average molecular weight is 264 g/mol. The van der Waals surface area contributed by atoms with Gasteiger partial charge in [-0.2, -0.15) is 15.0 Å². The van der Waals surface area contributed by atoms with Crippen molar-refractivity contribution in [1.29, 1.82) is 0 Å². The van der Waals surface area contributed by atoms with Gasteiger partial charge in [-0.05, 0) is 26.2 Å². The topological polar surface area (TPSA) is 89.2 Å². The van der Waals surface area contributed by atoms with Crippen LogP contribution in [0.3, 0.4) is 0 Å². The number of hydrogen-bond donors (Lipinski definition) is 2. The van der Waals surface area contributed by atoms with Gasteiger partial charge in [0.25, 0.3) is 0 Å². The summed E-state index contributed by atoms with van der Waals surface area (Å²) < 4.78 is 5.45. The van der Waals surface area contributed by atoms with E-state index in [1.165, 1.54) is 6.42 Å². The van der Waals surface area contributed by atoms with Gasteiger partial charge >= 0.3 is 6.01 Å². The summed E-state index contributed by atoms with van der Waals surface area (Å²) in [7, 11) is 0. The van der Waals surface area contributed by atoms with Crippen molar-refractivity contribution in [2.45, 2.75) is 26.2 Å². The van der Waals surface area contributed by atoms with Gasteiger partial charge in [0.1, 0.15) is 6.61 Å². The lowest BCUT2D eigenvalue weighted by atomic mass is 10.1. The van der Waals surface area contributed by atoms with Crippen LogP contribution >= 0.6 is 0 Å². The maximum Gasteiger partial charge on any atom is 0.323 e. The van der Waals surface area contributed by atoms with E-state index in [1.807, 2.05) is 19.1 Å². The number of nitrogen functional groups attached to an aromatic ring is 1. The molecule has 0 aliphatic carbocycles. The molecule has 1 saturated heterocycles. The molecule has 0 aromatic carbocycles. The summed E-state index contributed by atoms with van der Waals surface area (Å²) in [5.74, 6) is 6.33. The molecule has 2 heterocycles. The van der Waals surface area contributed by atoms with Crippen LogP contribution in [-0.4, -0.2) is 34.6 Å². The van der Waals surface area contributed by atoms with E-state index in [0.29, 0.717) is 24.5 Å². The number of allylic oxidation sites excluding steroid dienone is 1. The fourth-order valence-electron chi connectivity index (χ4n) is 1.93. The second kappa shape index (κ2) is 6.89. The minimum Gasteiger partial charge on any atom is -0.459 e. The van der Waals surface area contributed by atoms with E-state index >= 15 is 0 Å². The van der Waals surface area contributed by atoms with Crippen LogP contribution in [0.2, 0.25) is 0 Å². The predicted octanol–water partition coefficient (Wildman–Crippen LogP) is 1.10. The monoisotopic (exact) mass is 264 g/mol. The second-order valence-corrected chi connectivity index (χ2v) is 4.31. The average Bonchev–Trinajstić information content (AvgIpc) is 2.48. The summed E-state index contributed by atoms with van der Waals surface area (Å²) in [6.07, 6.45) is 7.38. The molecule has 2 rings (SSSR count). The van der Waals surface area contributed by atoms with Gasteiger partial charge in [-0.3, -0.25) is 5.43 Å². The number of nitrogens with zero attached hydrogens (tertiary/aromatic N) is 4. The maximum absolute atomic E-state index is 5.45. The molecule has 1 aromatic heterocycles. The van der Waals surface area contributed by atoms with Crippen molar-refractivity contribution >= 4 is 11.9 Å². The van der Waals surface area contributed by atoms with Gasteiger partial charge in [-0.25, -0.2) is 5.84 Å². The predicted molar refractivity (Wildman–Crippen MR) is 74.0 cm³/mol. The quantitative estimate of drug-likeness (QED) is 0.467. The number of piperidine rings is 1. The fraction of sp³-hybridized carbons (Fsp3) is 0.583. The summed E-state index contributed by atoms with van der Waals surface area (Å²) in [5.41, 5.74) is 2.45. The molecule has 1 fully saturated rings. The van der Waals surface area contributed by atoms with Crippen molar-refractivity contribution in [3.8, 4) is 6.01 Å². The smallest absolute Gasteiger partial charge is 0.323 e. The van der Waals surface area contributed by atoms with Gasteiger partial charge in [0.15, 0.2) is 0 Å². The molecule has 19 heavy (non-hydrogen) atoms. The third-order valence-electron chi connectivity index (χ3n) is 2.92. The lowest BCUT2D eigenvalue weighted by molar-refractivity contribution is 0.332. The van der Waals surface area contributed by atoms with Crippen LogP contribution in [0, 0.1) is 0 Å². The van der Waals surface area contributed by atoms with Crippen LogP contribution in [0.25, 0.3) is 0 Å². The van der Waals surface area contributed by atoms with Crippen molar-refractivity contribution in [2.24, 2.45) is 5.84 Å². The lowest BCUT2D eigenvalue weighted by Gasteiger charge is -2.26. The number of nitrogens with one attached hydrogen (secondary N) is 1. The van der Waals surface area contributed by atoms with Gasteiger partial charge < -0.3 is 9.64 Å². The Bertz CT molecular complexity index is 430. The van der Waals surface area contributed by atoms with Crippen LogP contribution < -0.4 is 20.9 Å². The zero-order valence-electron chi connectivity index (χ0n) is 11.2. The van der Waals surface area contributed by atoms with Crippen molar-refractivity contribution in [1.82, 2.24) is 15.0 Å². The van der Waals surface area contributed by atoms with Gasteiger partial charge in [0.2, 0.25) is 11.9 Å². The van der Waals surface area contributed by atoms with E-state index in [9.17, 15) is 0 Å². The number of ether oxygens (including phenoxy) is 1. The molecule has 0 radical (unpaired) electrons. The zero-order valence-corrected chi connectivity index (χ0v) is 11.2. The molecule has 0 spiro atoms. The maximum atomic E-state index is 5.45. The highest BCUT2D eigenvalue weighted by Crippen LogP contribution is 2.18. The fourth-order valence-corrected chi connectivity index (χ4v) is 1.93. The summed E-state index contributed by atoms with van der Waals surface area (Å²) in [6, 6.07) is 0.293. The Labute approximate surface area is 112 Å². The van der Waals surface area contributed by atoms with Crippen LogP contribution in [0.5, 0.6) is 6.01 Å². The standard InChI is InChI=1S/C12H20N6O/c1-2-3-9-19-12-15-10(17-13)14-11(16-12)18-7-5-4-6-8-18/h2-3H,4-9,13H2,1H3,(H,14,15,16,17)/b3-2+. The third-order valence-corrected chi connectivity index (χ3v) is 2.92. The molecule has 0 unspecified atom stereocenters. The van der Waals surface area contributed by atoms with Crippen molar-refractivity contribution in [2.75, 3.05) is 30.0 Å². The normalized spacial score (nSPS) is 15.8. The largest absolute Gasteiger partial charge is 0.459 e. The van der Waals surface area contributed by atoms with Crippen molar-refractivity contribution < 1.29 is 4.74 Å². The number of aromatic nitrogens is 3. The Hall–Kier alpha value is -1.89. The highest BCUT2D eigenvalue weighted by Gasteiger charge is 2.16. The molecule has 3 N–H and O–H groups in total. The van der Waals surface area contributed by atoms with Gasteiger partial charge in [-0.1, -0.05) is 12.2 Å². The van der Waals surface area contributed by atoms with E-state index in [4.69, 9.17) is 10.6 Å². The Morgan fingerprint density at radius 2 is 2.05 bits per heavy atom. The second-order valence-electron chi connectivity index (χ2n) is 4.31. The highest BCUT2D eigenvalue weighted by molar-refractivity contribution is 5.38. The van der Waals surface area contributed by atoms with E-state index in [-0.39, 0.29) is 0 Å². The molecule has 1 aliphatic rings. The minimum absolute atomic E-state index is 0.293. The third kappa shape index (κ3) is 3.78.